The highest BCUT2D eigenvalue weighted by molar-refractivity contribution is 6.30. The second kappa shape index (κ2) is 5.72. The molecule has 3 heterocycles. The summed E-state index contributed by atoms with van der Waals surface area (Å²) in [6.45, 7) is 3.42. The van der Waals surface area contributed by atoms with E-state index in [4.69, 9.17) is 11.6 Å². The molecule has 2 aromatic heterocycles. The van der Waals surface area contributed by atoms with Crippen LogP contribution in [0.2, 0.25) is 5.02 Å². The highest BCUT2D eigenvalue weighted by Crippen LogP contribution is 2.35. The summed E-state index contributed by atoms with van der Waals surface area (Å²) in [5, 5.41) is 16.0. The number of anilines is 1. The maximum atomic E-state index is 11.0. The summed E-state index contributed by atoms with van der Waals surface area (Å²) >= 11 is 5.95. The molecule has 0 bridgehead atoms. The van der Waals surface area contributed by atoms with Crippen molar-refractivity contribution >= 4 is 23.2 Å². The van der Waals surface area contributed by atoms with Gasteiger partial charge in [0, 0.05) is 29.9 Å². The zero-order chi connectivity index (χ0) is 16.7. The molecule has 0 aliphatic carbocycles. The van der Waals surface area contributed by atoms with Gasteiger partial charge in [-0.15, -0.1) is 0 Å². The molecule has 7 heteroatoms. The molecule has 1 fully saturated rings. The van der Waals surface area contributed by atoms with E-state index in [1.54, 1.807) is 4.52 Å². The maximum Gasteiger partial charge on any atom is 0.254 e. The van der Waals surface area contributed by atoms with Gasteiger partial charge in [0.05, 0.1) is 5.60 Å². The van der Waals surface area contributed by atoms with Crippen LogP contribution in [-0.2, 0) is 5.60 Å². The van der Waals surface area contributed by atoms with Crippen molar-refractivity contribution in [1.29, 1.82) is 0 Å². The Kier molecular flexibility index (Phi) is 3.66. The van der Waals surface area contributed by atoms with E-state index in [-0.39, 0.29) is 0 Å². The van der Waals surface area contributed by atoms with Gasteiger partial charge in [0.15, 0.2) is 0 Å². The standard InChI is InChI=1S/C17H18ClN5O/c1-12-10-15(23-16(21-12)19-11-20-23)22-8-6-17(24,7-9-22)13-2-4-14(18)5-3-13/h2-5,10-11,24H,6-9H2,1H3. The van der Waals surface area contributed by atoms with Gasteiger partial charge >= 0.3 is 0 Å². The first-order valence-electron chi connectivity index (χ1n) is 7.96. The maximum absolute atomic E-state index is 11.0. The Morgan fingerprint density at radius 2 is 1.88 bits per heavy atom. The van der Waals surface area contributed by atoms with Crippen molar-refractivity contribution in [3.8, 4) is 0 Å². The Morgan fingerprint density at radius 3 is 2.58 bits per heavy atom. The summed E-state index contributed by atoms with van der Waals surface area (Å²) in [6.07, 6.45) is 2.80. The largest absolute Gasteiger partial charge is 0.385 e. The molecule has 1 aliphatic heterocycles. The Labute approximate surface area is 144 Å². The van der Waals surface area contributed by atoms with Gasteiger partial charge in [0.25, 0.3) is 5.78 Å². The second-order valence-electron chi connectivity index (χ2n) is 6.25. The average molecular weight is 344 g/mol. The van der Waals surface area contributed by atoms with Gasteiger partial charge in [0.2, 0.25) is 0 Å². The zero-order valence-corrected chi connectivity index (χ0v) is 14.1. The lowest BCUT2D eigenvalue weighted by Gasteiger charge is -2.39. The smallest absolute Gasteiger partial charge is 0.254 e. The first-order chi connectivity index (χ1) is 11.5. The number of aliphatic hydroxyl groups is 1. The molecule has 0 unspecified atom stereocenters. The van der Waals surface area contributed by atoms with Crippen LogP contribution in [0.1, 0.15) is 24.1 Å². The van der Waals surface area contributed by atoms with Crippen LogP contribution < -0.4 is 4.90 Å². The minimum absolute atomic E-state index is 0.600. The van der Waals surface area contributed by atoms with Crippen LogP contribution in [0.4, 0.5) is 5.82 Å². The second-order valence-corrected chi connectivity index (χ2v) is 6.69. The van der Waals surface area contributed by atoms with Crippen LogP contribution in [0, 0.1) is 6.92 Å². The van der Waals surface area contributed by atoms with Gasteiger partial charge < -0.3 is 10.0 Å². The molecule has 0 spiro atoms. The van der Waals surface area contributed by atoms with Gasteiger partial charge in [0.1, 0.15) is 12.1 Å². The summed E-state index contributed by atoms with van der Waals surface area (Å²) in [6, 6.07) is 9.47. The number of halogens is 1. The van der Waals surface area contributed by atoms with Crippen molar-refractivity contribution in [2.75, 3.05) is 18.0 Å². The molecule has 1 N–H and O–H groups in total. The van der Waals surface area contributed by atoms with E-state index >= 15 is 0 Å². The van der Waals surface area contributed by atoms with Crippen LogP contribution >= 0.6 is 11.6 Å². The molecule has 124 valence electrons. The van der Waals surface area contributed by atoms with Gasteiger partial charge in [-0.05, 0) is 37.5 Å². The van der Waals surface area contributed by atoms with Crippen LogP contribution in [0.5, 0.6) is 0 Å². The third-order valence-electron chi connectivity index (χ3n) is 4.66. The van der Waals surface area contributed by atoms with Crippen molar-refractivity contribution in [1.82, 2.24) is 19.6 Å². The lowest BCUT2D eigenvalue weighted by molar-refractivity contribution is 0.0116. The van der Waals surface area contributed by atoms with Crippen LogP contribution in [-0.4, -0.2) is 37.8 Å². The number of fused-ring (bicyclic) bond motifs is 1. The molecule has 3 aromatic rings. The fourth-order valence-electron chi connectivity index (χ4n) is 3.29. The van der Waals surface area contributed by atoms with E-state index < -0.39 is 5.60 Å². The summed E-state index contributed by atoms with van der Waals surface area (Å²) in [4.78, 5) is 10.8. The number of piperidine rings is 1. The van der Waals surface area contributed by atoms with Crippen molar-refractivity contribution in [2.24, 2.45) is 0 Å². The lowest BCUT2D eigenvalue weighted by Crippen LogP contribution is -2.43. The highest BCUT2D eigenvalue weighted by Gasteiger charge is 2.34. The van der Waals surface area contributed by atoms with E-state index in [0.29, 0.717) is 23.6 Å². The fourth-order valence-corrected chi connectivity index (χ4v) is 3.42. The summed E-state index contributed by atoms with van der Waals surface area (Å²) in [5.41, 5.74) is 1.01. The Balaban J connectivity index is 1.59. The Morgan fingerprint density at radius 1 is 1.17 bits per heavy atom. The van der Waals surface area contributed by atoms with Crippen LogP contribution in [0.25, 0.3) is 5.78 Å². The molecule has 4 rings (SSSR count). The van der Waals surface area contributed by atoms with E-state index in [1.165, 1.54) is 6.33 Å². The lowest BCUT2D eigenvalue weighted by atomic mass is 9.84. The van der Waals surface area contributed by atoms with Crippen molar-refractivity contribution in [2.45, 2.75) is 25.4 Å². The molecular formula is C17H18ClN5O. The van der Waals surface area contributed by atoms with Crippen LogP contribution in [0.3, 0.4) is 0 Å². The molecule has 6 nitrogen and oxygen atoms in total. The van der Waals surface area contributed by atoms with Gasteiger partial charge in [-0.1, -0.05) is 23.7 Å². The number of aryl methyl sites for hydroxylation is 1. The number of rotatable bonds is 2. The van der Waals surface area contributed by atoms with Crippen molar-refractivity contribution in [3.63, 3.8) is 0 Å². The first-order valence-corrected chi connectivity index (χ1v) is 8.34. The SMILES string of the molecule is Cc1cc(N2CCC(O)(c3ccc(Cl)cc3)CC2)n2ncnc2n1. The molecule has 0 saturated carbocycles. The van der Waals surface area contributed by atoms with E-state index in [2.05, 4.69) is 20.0 Å². The molecule has 0 atom stereocenters. The number of hydrogen-bond acceptors (Lipinski definition) is 5. The summed E-state index contributed by atoms with van der Waals surface area (Å²) < 4.78 is 1.75. The Bertz CT molecular complexity index is 868. The van der Waals surface area contributed by atoms with Crippen LogP contribution in [0.15, 0.2) is 36.7 Å². The molecule has 0 amide bonds. The summed E-state index contributed by atoms with van der Waals surface area (Å²) in [5.74, 6) is 1.57. The topological polar surface area (TPSA) is 66.5 Å². The van der Waals surface area contributed by atoms with Gasteiger partial charge in [-0.25, -0.2) is 4.98 Å². The fraction of sp³-hybridized carbons (Fsp3) is 0.353. The molecule has 0 radical (unpaired) electrons. The molecule has 1 saturated heterocycles. The predicted molar refractivity (Wildman–Crippen MR) is 92.3 cm³/mol. The van der Waals surface area contributed by atoms with E-state index in [1.807, 2.05) is 37.3 Å². The molecule has 1 aromatic carbocycles. The number of hydrogen-bond donors (Lipinski definition) is 1. The normalized spacial score (nSPS) is 17.4. The summed E-state index contributed by atoms with van der Waals surface area (Å²) in [7, 11) is 0. The minimum atomic E-state index is -0.815. The predicted octanol–water partition coefficient (Wildman–Crippen LogP) is 2.57. The quantitative estimate of drug-likeness (QED) is 0.774. The minimum Gasteiger partial charge on any atom is -0.385 e. The third kappa shape index (κ3) is 2.61. The number of nitrogens with zero attached hydrogens (tertiary/aromatic N) is 5. The zero-order valence-electron chi connectivity index (χ0n) is 13.4. The third-order valence-corrected chi connectivity index (χ3v) is 4.91. The average Bonchev–Trinajstić information content (AvgIpc) is 3.03. The van der Waals surface area contributed by atoms with Gasteiger partial charge in [-0.3, -0.25) is 0 Å². The highest BCUT2D eigenvalue weighted by atomic mass is 35.5. The van der Waals surface area contributed by atoms with Crippen molar-refractivity contribution in [3.05, 3.63) is 52.9 Å². The number of benzene rings is 1. The Hall–Kier alpha value is -2.18. The van der Waals surface area contributed by atoms with E-state index in [0.717, 1.165) is 30.2 Å². The monoisotopic (exact) mass is 343 g/mol. The molecule has 24 heavy (non-hydrogen) atoms. The number of aromatic nitrogens is 4. The molecule has 1 aliphatic rings. The van der Waals surface area contributed by atoms with E-state index in [9.17, 15) is 5.11 Å². The van der Waals surface area contributed by atoms with Crippen molar-refractivity contribution < 1.29 is 5.11 Å². The van der Waals surface area contributed by atoms with Gasteiger partial charge in [-0.2, -0.15) is 14.6 Å². The first kappa shape index (κ1) is 15.4. The molecular weight excluding hydrogens is 326 g/mol.